The molecule has 0 unspecified atom stereocenters. The van der Waals surface area contributed by atoms with Gasteiger partial charge in [-0.2, -0.15) is 8.42 Å². The molecule has 10 heteroatoms. The fraction of sp³-hybridized carbons (Fsp3) is 0.125. The zero-order chi connectivity index (χ0) is 24.3. The normalized spacial score (nSPS) is 17.2. The number of nitrogens with one attached hydrogen (secondary N) is 1. The zero-order valence-corrected chi connectivity index (χ0v) is 19.6. The van der Waals surface area contributed by atoms with Gasteiger partial charge in [0.2, 0.25) is 11.8 Å². The minimum atomic E-state index is -4.22. The third-order valence-corrected chi connectivity index (χ3v) is 7.58. The lowest BCUT2D eigenvalue weighted by Crippen LogP contribution is -2.33. The van der Waals surface area contributed by atoms with Crippen LogP contribution in [-0.4, -0.2) is 30.6 Å². The van der Waals surface area contributed by atoms with Gasteiger partial charge in [0.05, 0.1) is 10.6 Å². The van der Waals surface area contributed by atoms with Crippen LogP contribution in [0.15, 0.2) is 88.2 Å². The van der Waals surface area contributed by atoms with Gasteiger partial charge in [-0.05, 0) is 55.0 Å². The van der Waals surface area contributed by atoms with Crippen LogP contribution in [-0.2, 0) is 19.6 Å². The first-order valence-electron chi connectivity index (χ1n) is 10.3. The monoisotopic (exact) mass is 497 g/mol. The second-order valence-electron chi connectivity index (χ2n) is 7.49. The summed E-state index contributed by atoms with van der Waals surface area (Å²) in [5.41, 5.74) is 1.94. The van der Waals surface area contributed by atoms with Gasteiger partial charge in [0.1, 0.15) is 11.1 Å². The predicted molar refractivity (Wildman–Crippen MR) is 131 cm³/mol. The Hall–Kier alpha value is -3.50. The van der Waals surface area contributed by atoms with E-state index in [1.165, 1.54) is 4.90 Å². The first kappa shape index (κ1) is 23.7. The van der Waals surface area contributed by atoms with Gasteiger partial charge >= 0.3 is 0 Å². The molecule has 174 valence electrons. The van der Waals surface area contributed by atoms with Crippen molar-refractivity contribution in [1.82, 2.24) is 0 Å². The molecule has 1 N–H and O–H groups in total. The molecule has 3 aromatic carbocycles. The summed E-state index contributed by atoms with van der Waals surface area (Å²) in [4.78, 5) is 26.9. The van der Waals surface area contributed by atoms with Crippen molar-refractivity contribution in [3.05, 3.63) is 90.2 Å². The summed E-state index contributed by atoms with van der Waals surface area (Å²) in [6, 6.07) is 20.0. The van der Waals surface area contributed by atoms with Crippen molar-refractivity contribution in [2.75, 3.05) is 10.2 Å². The summed E-state index contributed by atoms with van der Waals surface area (Å²) < 4.78 is 42.8. The Bertz CT molecular complexity index is 1360. The van der Waals surface area contributed by atoms with Crippen molar-refractivity contribution < 1.29 is 22.4 Å². The van der Waals surface area contributed by atoms with Gasteiger partial charge in [-0.1, -0.05) is 48.2 Å². The van der Waals surface area contributed by atoms with Crippen molar-refractivity contribution in [2.24, 2.45) is 4.40 Å². The number of amidine groups is 1. The largest absolute Gasteiger partial charge is 0.326 e. The number of aryl methyl sites for hydroxylation is 1. The average molecular weight is 498 g/mol. The lowest BCUT2D eigenvalue weighted by Gasteiger charge is -2.16. The highest BCUT2D eigenvalue weighted by Crippen LogP contribution is 2.35. The maximum atomic E-state index is 13.2. The number of para-hydroxylation sites is 2. The molecule has 4 rings (SSSR count). The summed E-state index contributed by atoms with van der Waals surface area (Å²) in [5.74, 6) is -1.41. The van der Waals surface area contributed by atoms with Crippen LogP contribution in [0.1, 0.15) is 12.0 Å². The Kier molecular flexibility index (Phi) is 6.80. The number of hydrogen-bond acceptors (Lipinski definition) is 5. The topological polar surface area (TPSA) is 95.9 Å². The first-order chi connectivity index (χ1) is 16.2. The molecular weight excluding hydrogens is 477 g/mol. The van der Waals surface area contributed by atoms with E-state index >= 15 is 0 Å². The minimum absolute atomic E-state index is 0.0748. The number of amides is 2. The zero-order valence-electron chi connectivity index (χ0n) is 18.0. The van der Waals surface area contributed by atoms with Crippen LogP contribution >= 0.6 is 11.8 Å². The van der Waals surface area contributed by atoms with Gasteiger partial charge in [-0.25, -0.2) is 4.39 Å². The number of halogens is 1. The average Bonchev–Trinajstić information content (AvgIpc) is 3.10. The van der Waals surface area contributed by atoms with Gasteiger partial charge in [0, 0.05) is 12.1 Å². The van der Waals surface area contributed by atoms with E-state index in [4.69, 9.17) is 0 Å². The fourth-order valence-electron chi connectivity index (χ4n) is 3.32. The fourth-order valence-corrected chi connectivity index (χ4v) is 5.65. The summed E-state index contributed by atoms with van der Waals surface area (Å²) in [6.45, 7) is 1.85. The number of nitrogens with zero attached hydrogens (tertiary/aromatic N) is 2. The summed E-state index contributed by atoms with van der Waals surface area (Å²) in [6.07, 6.45) is -0.170. The minimum Gasteiger partial charge on any atom is -0.326 e. The molecule has 1 fully saturated rings. The smallest absolute Gasteiger partial charge is 0.284 e. The van der Waals surface area contributed by atoms with Crippen molar-refractivity contribution in [3.63, 3.8) is 0 Å². The first-order valence-corrected chi connectivity index (χ1v) is 12.6. The molecule has 34 heavy (non-hydrogen) atoms. The maximum absolute atomic E-state index is 13.2. The molecule has 0 bridgehead atoms. The third kappa shape index (κ3) is 5.18. The van der Waals surface area contributed by atoms with Gasteiger partial charge < -0.3 is 5.32 Å². The standard InChI is InChI=1S/C24H20FN3O4S2/c1-16-7-5-6-10-20(16)26-22(29)15-21-23(30)28(18-8-3-2-4-9-18)24(33-21)27-34(31,32)19-13-11-17(25)12-14-19/h2-14,21H,15H2,1H3,(H,26,29)/t21-/m1/s1. The molecule has 2 amide bonds. The Morgan fingerprint density at radius 1 is 1.03 bits per heavy atom. The highest BCUT2D eigenvalue weighted by molar-refractivity contribution is 8.16. The molecule has 1 aliphatic rings. The molecule has 3 aromatic rings. The second kappa shape index (κ2) is 9.78. The number of thioether (sulfide) groups is 1. The van der Waals surface area contributed by atoms with Crippen molar-refractivity contribution in [3.8, 4) is 0 Å². The van der Waals surface area contributed by atoms with E-state index in [1.54, 1.807) is 42.5 Å². The lowest BCUT2D eigenvalue weighted by atomic mass is 10.2. The predicted octanol–water partition coefficient (Wildman–Crippen LogP) is 4.36. The Morgan fingerprint density at radius 2 is 1.68 bits per heavy atom. The van der Waals surface area contributed by atoms with Crippen LogP contribution in [0.3, 0.4) is 0 Å². The van der Waals surface area contributed by atoms with Crippen LogP contribution in [0.25, 0.3) is 0 Å². The molecule has 0 saturated carbocycles. The van der Waals surface area contributed by atoms with E-state index in [-0.39, 0.29) is 22.4 Å². The molecule has 0 aromatic heterocycles. The van der Waals surface area contributed by atoms with E-state index in [1.807, 2.05) is 19.1 Å². The summed E-state index contributed by atoms with van der Waals surface area (Å²) in [7, 11) is -4.22. The number of rotatable bonds is 6. The lowest BCUT2D eigenvalue weighted by molar-refractivity contribution is -0.121. The van der Waals surface area contributed by atoms with E-state index in [2.05, 4.69) is 9.71 Å². The summed E-state index contributed by atoms with van der Waals surface area (Å²) in [5, 5.41) is 1.85. The molecule has 0 spiro atoms. The van der Waals surface area contributed by atoms with Crippen molar-refractivity contribution in [1.29, 1.82) is 0 Å². The van der Waals surface area contributed by atoms with Gasteiger partial charge in [-0.15, -0.1) is 4.40 Å². The Balaban J connectivity index is 1.63. The molecule has 0 aliphatic carbocycles. The van der Waals surface area contributed by atoms with Crippen LogP contribution in [0.5, 0.6) is 0 Å². The van der Waals surface area contributed by atoms with E-state index < -0.39 is 27.0 Å². The van der Waals surface area contributed by atoms with Crippen molar-refractivity contribution >= 4 is 50.1 Å². The van der Waals surface area contributed by atoms with Crippen LogP contribution in [0.2, 0.25) is 0 Å². The number of benzene rings is 3. The number of carbonyl (C=O) groups excluding carboxylic acids is 2. The maximum Gasteiger partial charge on any atom is 0.284 e. The Morgan fingerprint density at radius 3 is 2.35 bits per heavy atom. The SMILES string of the molecule is Cc1ccccc1NC(=O)C[C@H]1SC(=NS(=O)(=O)c2ccc(F)cc2)N(c2ccccc2)C1=O. The van der Waals surface area contributed by atoms with Crippen molar-refractivity contribution in [2.45, 2.75) is 23.5 Å². The second-order valence-corrected chi connectivity index (χ2v) is 10.3. The van der Waals surface area contributed by atoms with E-state index in [0.29, 0.717) is 11.4 Å². The highest BCUT2D eigenvalue weighted by atomic mass is 32.2. The van der Waals surface area contributed by atoms with E-state index in [9.17, 15) is 22.4 Å². The van der Waals surface area contributed by atoms with Gasteiger partial charge in [0.25, 0.3) is 10.0 Å². The molecule has 1 saturated heterocycles. The molecule has 1 aliphatic heterocycles. The molecular formula is C24H20FN3O4S2. The molecule has 1 heterocycles. The van der Waals surface area contributed by atoms with Gasteiger partial charge in [-0.3, -0.25) is 14.5 Å². The van der Waals surface area contributed by atoms with Crippen LogP contribution < -0.4 is 10.2 Å². The summed E-state index contributed by atoms with van der Waals surface area (Å²) >= 11 is 0.902. The molecule has 7 nitrogen and oxygen atoms in total. The number of hydrogen-bond donors (Lipinski definition) is 1. The quantitative estimate of drug-likeness (QED) is 0.546. The third-order valence-electron chi connectivity index (χ3n) is 5.05. The number of sulfonamides is 1. The molecule has 0 radical (unpaired) electrons. The highest BCUT2D eigenvalue weighted by Gasteiger charge is 2.41. The van der Waals surface area contributed by atoms with Crippen LogP contribution in [0.4, 0.5) is 15.8 Å². The Labute approximate surface area is 200 Å². The van der Waals surface area contributed by atoms with E-state index in [0.717, 1.165) is 41.6 Å². The van der Waals surface area contributed by atoms with Crippen LogP contribution in [0, 0.1) is 12.7 Å². The number of anilines is 2. The number of carbonyl (C=O) groups is 2. The van der Waals surface area contributed by atoms with Gasteiger partial charge in [0.15, 0.2) is 5.17 Å². The molecule has 1 atom stereocenters.